The Kier molecular flexibility index (Phi) is 35.0. The number of rotatable bonds is 30. The van der Waals surface area contributed by atoms with Gasteiger partial charge >= 0.3 is 0 Å². The predicted molar refractivity (Wildman–Crippen MR) is 576 cm³/mol. The van der Waals surface area contributed by atoms with Gasteiger partial charge in [0.15, 0.2) is 28.4 Å². The number of anilines is 5. The zero-order valence-corrected chi connectivity index (χ0v) is 83.9. The van der Waals surface area contributed by atoms with E-state index >= 15 is 0 Å². The highest BCUT2D eigenvalue weighted by atomic mass is 16.2. The van der Waals surface area contributed by atoms with Crippen LogP contribution < -0.4 is 41.7 Å². The number of nitrogens with one attached hydrogen (secondary N) is 5. The molecule has 0 aliphatic carbocycles. The lowest BCUT2D eigenvalue weighted by Crippen LogP contribution is -2.47. The number of nitrogens with two attached hydrogens (primary N) is 3. The van der Waals surface area contributed by atoms with Crippen molar-refractivity contribution >= 4 is 130 Å². The first-order valence-electron chi connectivity index (χ1n) is 50.4. The van der Waals surface area contributed by atoms with Crippen molar-refractivity contribution in [3.8, 4) is 0 Å². The van der Waals surface area contributed by atoms with Crippen LogP contribution in [0.15, 0.2) is 165 Å². The molecule has 0 atom stereocenters. The summed E-state index contributed by atoms with van der Waals surface area (Å²) in [5.74, 6) is 1.89. The molecule has 146 heavy (non-hydrogen) atoms. The molecule has 11 N–H and O–H groups in total. The number of benzene rings is 5. The number of aryl methyl sites for hydroxylation is 10. The largest absolute Gasteiger partial charge is 0.364 e. The van der Waals surface area contributed by atoms with E-state index in [1.807, 2.05) is 150 Å². The molecule has 36 nitrogen and oxygen atoms in total. The minimum atomic E-state index is -0.527. The molecule has 5 aliphatic heterocycles. The van der Waals surface area contributed by atoms with Crippen LogP contribution in [-0.2, 0) is 32.1 Å². The van der Waals surface area contributed by atoms with Crippen LogP contribution in [0, 0.1) is 67.5 Å². The molecule has 20 rings (SSSR count). The van der Waals surface area contributed by atoms with Gasteiger partial charge in [0, 0.05) is 230 Å². The smallest absolute Gasteiger partial charge is 0.267 e. The second-order valence-electron chi connectivity index (χ2n) is 37.8. The lowest BCUT2D eigenvalue weighted by Gasteiger charge is -2.34. The van der Waals surface area contributed by atoms with Gasteiger partial charge in [-0.05, 0) is 290 Å². The van der Waals surface area contributed by atoms with E-state index in [-0.39, 0.29) is 17.1 Å². The minimum Gasteiger partial charge on any atom is -0.364 e. The molecule has 10 aromatic heterocycles. The van der Waals surface area contributed by atoms with Gasteiger partial charge in [-0.25, -0.2) is 74.1 Å². The molecule has 5 fully saturated rings. The summed E-state index contributed by atoms with van der Waals surface area (Å²) in [6.07, 6.45) is 26.9. The summed E-state index contributed by atoms with van der Waals surface area (Å²) in [7, 11) is 0. The number of carbonyl (C=O) groups excluding carboxylic acids is 3. The number of carbonyl (C=O) groups is 3. The van der Waals surface area contributed by atoms with E-state index in [0.29, 0.717) is 46.3 Å². The number of amides is 3. The molecule has 0 radical (unpaired) electrons. The van der Waals surface area contributed by atoms with Gasteiger partial charge in [-0.1, -0.05) is 30.3 Å². The van der Waals surface area contributed by atoms with Gasteiger partial charge in [0.25, 0.3) is 17.7 Å². The number of H-pyrrole nitrogens is 5. The van der Waals surface area contributed by atoms with Gasteiger partial charge in [0.1, 0.15) is 17.1 Å². The van der Waals surface area contributed by atoms with E-state index in [2.05, 4.69) is 179 Å². The van der Waals surface area contributed by atoms with E-state index in [4.69, 9.17) is 50.1 Å². The Labute approximate surface area is 851 Å². The zero-order chi connectivity index (χ0) is 102. The van der Waals surface area contributed by atoms with Crippen LogP contribution in [0.2, 0.25) is 0 Å². The fraction of sp³-hybridized carbons (Fsp3) is 0.382. The number of primary amides is 3. The Hall–Kier alpha value is -16.1. The molecule has 0 saturated carbocycles. The van der Waals surface area contributed by atoms with Gasteiger partial charge < -0.3 is 66.6 Å². The molecule has 5 saturated heterocycles. The number of fused-ring (bicyclic) bond motifs is 5. The highest BCUT2D eigenvalue weighted by molar-refractivity contribution is 5.94. The topological polar surface area (TPSA) is 391 Å². The number of nitrogens with zero attached hydrogens (tertiary/aromatic N) is 25. The quantitative estimate of drug-likeness (QED) is 0.0153. The molecule has 15 aromatic rings. The first kappa shape index (κ1) is 103. The summed E-state index contributed by atoms with van der Waals surface area (Å²) < 4.78 is 0. The highest BCUT2D eigenvalue weighted by Gasteiger charge is 2.28. The maximum absolute atomic E-state index is 11.5. The van der Waals surface area contributed by atoms with E-state index in [0.717, 1.165) is 318 Å². The van der Waals surface area contributed by atoms with Gasteiger partial charge in [-0.2, -0.15) is 0 Å². The molecule has 15 heterocycles. The lowest BCUT2D eigenvalue weighted by molar-refractivity contribution is 0.0987. The predicted octanol–water partition coefficient (Wildman–Crippen LogP) is 15.9. The Morgan fingerprint density at radius 2 is 0.479 bits per heavy atom. The van der Waals surface area contributed by atoms with Crippen LogP contribution >= 0.6 is 0 Å². The molecule has 5 aromatic carbocycles. The van der Waals surface area contributed by atoms with Crippen LogP contribution in [0.1, 0.15) is 133 Å². The molecule has 0 unspecified atom stereocenters. The van der Waals surface area contributed by atoms with Gasteiger partial charge in [-0.15, -0.1) is 0 Å². The first-order chi connectivity index (χ1) is 71.0. The molecule has 3 amide bonds. The number of hydrogen-bond acceptors (Lipinski definition) is 23. The third-order valence-corrected chi connectivity index (χ3v) is 27.6. The van der Waals surface area contributed by atoms with Crippen LogP contribution in [0.25, 0.3) is 78.7 Å². The van der Waals surface area contributed by atoms with Crippen LogP contribution in [0.5, 0.6) is 0 Å². The van der Waals surface area contributed by atoms with E-state index in [9.17, 15) is 14.4 Å². The fourth-order valence-corrected chi connectivity index (χ4v) is 19.5. The van der Waals surface area contributed by atoms with E-state index in [1.54, 1.807) is 18.2 Å². The molecule has 5 aliphatic rings. The highest BCUT2D eigenvalue weighted by Crippen LogP contribution is 2.33. The molecule has 0 bridgehead atoms. The third kappa shape index (κ3) is 27.4. The normalized spacial score (nSPS) is 14.9. The van der Waals surface area contributed by atoms with Crippen LogP contribution in [0.4, 0.5) is 58.2 Å². The number of aromatic nitrogens is 15. The van der Waals surface area contributed by atoms with Crippen LogP contribution in [0.3, 0.4) is 0 Å². The van der Waals surface area contributed by atoms with E-state index < -0.39 is 17.7 Å². The maximum atomic E-state index is 11.5. The molecule has 0 spiro atoms. The number of unbranched alkanes of at least 4 members (excludes halogenated alkanes) is 2. The Morgan fingerprint density at radius 3 is 0.699 bits per heavy atom. The summed E-state index contributed by atoms with van der Waals surface area (Å²) in [4.78, 5) is 136. The summed E-state index contributed by atoms with van der Waals surface area (Å²) >= 11 is 0. The monoisotopic (exact) mass is 1960 g/mol. The first-order valence-corrected chi connectivity index (χ1v) is 50.4. The van der Waals surface area contributed by atoms with Gasteiger partial charge in [-0.3, -0.25) is 38.9 Å². The molecular weight excluding hydrogens is 1830 g/mol. The lowest BCUT2D eigenvalue weighted by atomic mass is 10.1. The van der Waals surface area contributed by atoms with E-state index in [1.165, 1.54) is 45.0 Å². The summed E-state index contributed by atoms with van der Waals surface area (Å²) in [6.45, 7) is 69.7. The Balaban J connectivity index is 0.000000131. The molecule has 750 valence electrons. The van der Waals surface area contributed by atoms with Crippen molar-refractivity contribution < 1.29 is 14.4 Å². The SMILES string of the molecule is [C-]#[N+]c1ccc2[nH]cc(CCCCN3CCN(c4nc(C)cc(C(N)=O)n4)CC3)c2c1.[C-]#[N+]c1ccc2[nH]cc(CCCCN3CCN(c4nccc(C)n4)CC3)c2c1.[C-]#[N+]c1ccc2[nH]cc(CCCN3CCN(c4nc(C)cc(C(N)=O)n4)CC3)c2c1.[C-]#[N+]c1ccc2[nH]cc(CCCN3CCN(c4nc(C)cc(C(N)=O)n4)CC3)c2c1.[C-]#[N+]c1ccc2[nH]cc(CCCN3CCN(c4nccc(C)n4)CC3)c2c1. The van der Waals surface area contributed by atoms with Crippen molar-refractivity contribution in [2.75, 3.05) is 188 Å². The maximum Gasteiger partial charge on any atom is 0.267 e. The minimum absolute atomic E-state index is 0.264. The van der Waals surface area contributed by atoms with Gasteiger partial charge in [0.05, 0.1) is 32.9 Å². The van der Waals surface area contributed by atoms with Crippen molar-refractivity contribution in [1.82, 2.24) is 99.3 Å². The molecular formula is C110H127N33O3. The third-order valence-electron chi connectivity index (χ3n) is 27.6. The zero-order valence-electron chi connectivity index (χ0n) is 83.9. The summed E-state index contributed by atoms with van der Waals surface area (Å²) in [5.41, 5.74) is 36.6. The summed E-state index contributed by atoms with van der Waals surface area (Å²) in [6, 6.07) is 37.9. The van der Waals surface area contributed by atoms with Crippen molar-refractivity contribution in [3.05, 3.63) is 295 Å². The van der Waals surface area contributed by atoms with Crippen molar-refractivity contribution in [3.63, 3.8) is 0 Å². The number of aromatic amines is 5. The van der Waals surface area contributed by atoms with Crippen LogP contribution in [-0.4, -0.2) is 281 Å². The second-order valence-corrected chi connectivity index (χ2v) is 37.8. The Bertz CT molecular complexity index is 7090. The second kappa shape index (κ2) is 49.7. The average Bonchev–Trinajstić information content (AvgIpc) is 1.79. The average molecular weight is 1960 g/mol. The Morgan fingerprint density at radius 1 is 0.267 bits per heavy atom. The fourth-order valence-electron chi connectivity index (χ4n) is 19.5. The standard InChI is InChI=1S/C23H27N7O.2C22H25N7O.C22H26N6.C21H24N6/c1-16-13-21(22(24)31)28-23(27-16)30-11-9-29(10-12-30)8-4-3-5-17-15-26-20-7-6-18(25-2)14-19(17)20;2*1-15-12-20(21(23)30)27-22(26-15)29-10-8-28(9-11-29)7-3-4-16-14-25-19-6-5-17(24-2)13-18(16)19;1-17-8-9-24-22(26-17)28-13-11-27(12-14-28)10-4-3-5-18-16-25-21-7-6-19(23-2)15-20(18)21;1-16-7-8-23-21(25-16)27-12-10-26(11-13-27)9-3-4-17-15-24-20-6-5-18(22-2)14-19(17)20/h6-7,13-15,26H,3-5,8-12H2,1H3,(H2,24,31);2*5-6,12-14,25H,3-4,7-11H2,1H3,(H2,23,30);6-9,15-16,25H,3-5,10-14H2,1H3;5-8,14-15,24H,3-4,9-13H2,1H3. The van der Waals surface area contributed by atoms with Crippen molar-refractivity contribution in [1.29, 1.82) is 0 Å². The number of hydrogen-bond donors (Lipinski definition) is 8. The van der Waals surface area contributed by atoms with Crippen molar-refractivity contribution in [2.45, 2.75) is 112 Å². The number of piperazine rings is 5. The molecule has 36 heteroatoms. The van der Waals surface area contributed by atoms with Gasteiger partial charge in [0.2, 0.25) is 29.7 Å². The summed E-state index contributed by atoms with van der Waals surface area (Å²) in [5, 5.41) is 5.84. The van der Waals surface area contributed by atoms with Crippen molar-refractivity contribution in [2.24, 2.45) is 17.2 Å².